The van der Waals surface area contributed by atoms with E-state index in [0.717, 1.165) is 44.9 Å². The summed E-state index contributed by atoms with van der Waals surface area (Å²) in [5.74, 6) is 1.01. The minimum Gasteiger partial charge on any atom is -0.292 e. The van der Waals surface area contributed by atoms with Gasteiger partial charge in [-0.2, -0.15) is 0 Å². The molecule has 2 heterocycles. The van der Waals surface area contributed by atoms with Gasteiger partial charge in [-0.3, -0.25) is 14.9 Å². The molecule has 4 heteroatoms. The van der Waals surface area contributed by atoms with Gasteiger partial charge in [0.25, 0.3) is 0 Å². The van der Waals surface area contributed by atoms with Crippen molar-refractivity contribution in [2.24, 2.45) is 10.9 Å². The predicted molar refractivity (Wildman–Crippen MR) is 246 cm³/mol. The average Bonchev–Trinajstić information content (AvgIpc) is 3.70. The molecule has 0 bridgehead atoms. The Labute approximate surface area is 344 Å². The van der Waals surface area contributed by atoms with Crippen LogP contribution in [-0.4, -0.2) is 15.3 Å². The first-order chi connectivity index (χ1) is 29.0. The molecule has 0 fully saturated rings. The highest BCUT2D eigenvalue weighted by atomic mass is 15.2. The van der Waals surface area contributed by atoms with Crippen molar-refractivity contribution in [3.63, 3.8) is 0 Å². The molecule has 1 aliphatic heterocycles. The third-order valence-electron chi connectivity index (χ3n) is 12.4. The van der Waals surface area contributed by atoms with Gasteiger partial charge < -0.3 is 0 Å². The van der Waals surface area contributed by atoms with E-state index in [1.165, 1.54) is 49.0 Å². The normalized spacial score (nSPS) is 18.1. The highest BCUT2D eigenvalue weighted by Gasteiger charge is 2.39. The number of nitrogens with one attached hydrogen (secondary N) is 1. The molecular formula is C55H42N4. The molecule has 1 N–H and O–H groups in total. The van der Waals surface area contributed by atoms with Gasteiger partial charge in [0.15, 0.2) is 0 Å². The molecule has 0 spiro atoms. The topological polar surface area (TPSA) is 42.2 Å². The van der Waals surface area contributed by atoms with E-state index in [1.807, 2.05) is 0 Å². The van der Waals surface area contributed by atoms with Crippen molar-refractivity contribution in [1.29, 1.82) is 0 Å². The lowest BCUT2D eigenvalue weighted by Gasteiger charge is -2.42. The summed E-state index contributed by atoms with van der Waals surface area (Å²) in [5, 5.41) is 11.8. The third kappa shape index (κ3) is 5.95. The van der Waals surface area contributed by atoms with E-state index in [4.69, 9.17) is 9.98 Å². The van der Waals surface area contributed by atoms with Gasteiger partial charge in [0.05, 0.1) is 11.0 Å². The first-order valence-electron chi connectivity index (χ1n) is 20.5. The average molecular weight is 759 g/mol. The Morgan fingerprint density at radius 3 is 1.80 bits per heavy atom. The number of nitrogens with zero attached hydrogens (tertiary/aromatic N) is 3. The number of imidazole rings is 1. The highest BCUT2D eigenvalue weighted by molar-refractivity contribution is 6.25. The lowest BCUT2D eigenvalue weighted by molar-refractivity contribution is 0.279. The van der Waals surface area contributed by atoms with E-state index in [2.05, 4.69) is 224 Å². The van der Waals surface area contributed by atoms with Crippen LogP contribution in [-0.2, 0) is 5.66 Å². The number of hydrogen-bond donors (Lipinski definition) is 1. The zero-order valence-electron chi connectivity index (χ0n) is 33.0. The van der Waals surface area contributed by atoms with Crippen LogP contribution < -0.4 is 5.32 Å². The lowest BCUT2D eigenvalue weighted by atomic mass is 9.82. The van der Waals surface area contributed by atoms with Crippen LogP contribution in [0.5, 0.6) is 0 Å². The zero-order valence-corrected chi connectivity index (χ0v) is 33.0. The van der Waals surface area contributed by atoms with Crippen molar-refractivity contribution in [1.82, 2.24) is 14.9 Å². The SMILES string of the molecule is CC1C(c2ccccc2)=NC(C)(c2cccc(-c3ccc4c5ccccc5c5ccccc5c4c3)c2)NC1c1cccc(-n2c(-c3ccccc3)nc3ccccc32)c1. The molecule has 0 amide bonds. The van der Waals surface area contributed by atoms with Gasteiger partial charge in [-0.15, -0.1) is 0 Å². The molecule has 0 saturated heterocycles. The van der Waals surface area contributed by atoms with Crippen molar-refractivity contribution < 1.29 is 0 Å². The largest absolute Gasteiger partial charge is 0.292 e. The van der Waals surface area contributed by atoms with Crippen molar-refractivity contribution in [2.75, 3.05) is 0 Å². The van der Waals surface area contributed by atoms with Crippen LogP contribution in [0, 0.1) is 5.92 Å². The van der Waals surface area contributed by atoms with Crippen LogP contribution in [0.4, 0.5) is 0 Å². The third-order valence-corrected chi connectivity index (χ3v) is 12.4. The van der Waals surface area contributed by atoms with Crippen molar-refractivity contribution in [3.05, 3.63) is 217 Å². The number of aliphatic imine (C=N–C) groups is 1. The van der Waals surface area contributed by atoms with Crippen LogP contribution in [0.3, 0.4) is 0 Å². The summed E-state index contributed by atoms with van der Waals surface area (Å²) < 4.78 is 2.30. The van der Waals surface area contributed by atoms with Gasteiger partial charge >= 0.3 is 0 Å². The standard InChI is InChI=1S/C55H42N4/c1-36-52(37-17-5-3-6-18-37)57-55(2,58-53(36)41-22-16-24-43(34-41)59-51-30-14-13-29-50(51)56-54(59)38-19-7-4-8-20-38)42-23-15-21-39(33-42)40-31-32-48-46-27-10-9-25-44(46)45-26-11-12-28-47(45)49(48)35-40/h3-36,53,58H,1-2H3. The fourth-order valence-corrected chi connectivity index (χ4v) is 9.43. The summed E-state index contributed by atoms with van der Waals surface area (Å²) in [6.07, 6.45) is 0. The first kappa shape index (κ1) is 35.1. The van der Waals surface area contributed by atoms with E-state index in [1.54, 1.807) is 0 Å². The second kappa shape index (κ2) is 14.1. The van der Waals surface area contributed by atoms with Crippen molar-refractivity contribution in [3.8, 4) is 28.2 Å². The van der Waals surface area contributed by atoms with Crippen molar-refractivity contribution in [2.45, 2.75) is 25.6 Å². The summed E-state index contributed by atoms with van der Waals surface area (Å²) in [6.45, 7) is 4.53. The molecule has 59 heavy (non-hydrogen) atoms. The molecule has 4 nitrogen and oxygen atoms in total. The molecule has 1 aliphatic rings. The smallest absolute Gasteiger partial charge is 0.145 e. The van der Waals surface area contributed by atoms with E-state index in [0.29, 0.717) is 0 Å². The maximum atomic E-state index is 5.63. The molecule has 282 valence electrons. The highest BCUT2D eigenvalue weighted by Crippen LogP contribution is 2.41. The van der Waals surface area contributed by atoms with E-state index >= 15 is 0 Å². The summed E-state index contributed by atoms with van der Waals surface area (Å²) in [4.78, 5) is 10.8. The molecular weight excluding hydrogens is 717 g/mol. The molecule has 3 unspecified atom stereocenters. The predicted octanol–water partition coefficient (Wildman–Crippen LogP) is 13.5. The first-order valence-corrected chi connectivity index (χ1v) is 20.5. The monoisotopic (exact) mass is 758 g/mol. The minimum atomic E-state index is -0.717. The molecule has 0 saturated carbocycles. The van der Waals surface area contributed by atoms with Crippen LogP contribution in [0.1, 0.15) is 36.6 Å². The number of fused-ring (bicyclic) bond motifs is 7. The van der Waals surface area contributed by atoms with E-state index < -0.39 is 5.66 Å². The maximum Gasteiger partial charge on any atom is 0.145 e. The van der Waals surface area contributed by atoms with Gasteiger partial charge in [-0.25, -0.2) is 4.98 Å². The Bertz CT molecular complexity index is 3200. The number of benzene rings is 9. The molecule has 10 aromatic rings. The van der Waals surface area contributed by atoms with Gasteiger partial charge in [-0.1, -0.05) is 171 Å². The van der Waals surface area contributed by atoms with E-state index in [-0.39, 0.29) is 12.0 Å². The Hall–Kier alpha value is -7.14. The molecule has 9 aromatic carbocycles. The molecule has 1 aromatic heterocycles. The summed E-state index contributed by atoms with van der Waals surface area (Å²) in [7, 11) is 0. The Morgan fingerprint density at radius 2 is 1.07 bits per heavy atom. The quantitative estimate of drug-likeness (QED) is 0.172. The Morgan fingerprint density at radius 1 is 0.492 bits per heavy atom. The van der Waals surface area contributed by atoms with Crippen LogP contribution in [0.2, 0.25) is 0 Å². The lowest BCUT2D eigenvalue weighted by Crippen LogP contribution is -2.49. The van der Waals surface area contributed by atoms with Gasteiger partial charge in [0, 0.05) is 28.9 Å². The zero-order chi connectivity index (χ0) is 39.5. The van der Waals surface area contributed by atoms with Crippen LogP contribution in [0.25, 0.3) is 71.6 Å². The van der Waals surface area contributed by atoms with Gasteiger partial charge in [-0.05, 0) is 103 Å². The molecule has 0 aliphatic carbocycles. The van der Waals surface area contributed by atoms with Crippen LogP contribution in [0.15, 0.2) is 205 Å². The minimum absolute atomic E-state index is 0.0356. The Balaban J connectivity index is 1.03. The number of rotatable bonds is 6. The molecule has 3 atom stereocenters. The van der Waals surface area contributed by atoms with E-state index in [9.17, 15) is 0 Å². The second-order valence-electron chi connectivity index (χ2n) is 16.0. The molecule has 11 rings (SSSR count). The fourth-order valence-electron chi connectivity index (χ4n) is 9.43. The summed E-state index contributed by atoms with van der Waals surface area (Å²) >= 11 is 0. The van der Waals surface area contributed by atoms with Gasteiger partial charge in [0.1, 0.15) is 11.5 Å². The van der Waals surface area contributed by atoms with Crippen LogP contribution >= 0.6 is 0 Å². The fraction of sp³-hybridized carbons (Fsp3) is 0.0909. The number of para-hydroxylation sites is 2. The Kier molecular flexibility index (Phi) is 8.35. The second-order valence-corrected chi connectivity index (χ2v) is 16.0. The summed E-state index contributed by atoms with van der Waals surface area (Å²) in [5.41, 5.74) is 10.4. The molecule has 0 radical (unpaired) electrons. The summed E-state index contributed by atoms with van der Waals surface area (Å²) in [6, 6.07) is 72.0. The number of aromatic nitrogens is 2. The van der Waals surface area contributed by atoms with Crippen molar-refractivity contribution >= 4 is 49.1 Å². The number of hydrogen-bond acceptors (Lipinski definition) is 3. The maximum absolute atomic E-state index is 5.63. The van der Waals surface area contributed by atoms with Gasteiger partial charge in [0.2, 0.25) is 0 Å².